The van der Waals surface area contributed by atoms with E-state index in [0.29, 0.717) is 36.3 Å². The van der Waals surface area contributed by atoms with Gasteiger partial charge in [-0.05, 0) is 47.4 Å². The van der Waals surface area contributed by atoms with Crippen molar-refractivity contribution < 1.29 is 14.3 Å². The van der Waals surface area contributed by atoms with Gasteiger partial charge in [0.2, 0.25) is 0 Å². The quantitative estimate of drug-likeness (QED) is 0.669. The molecule has 1 fully saturated rings. The van der Waals surface area contributed by atoms with Gasteiger partial charge in [0.15, 0.2) is 5.69 Å². The molecule has 4 rings (SSSR count). The number of carbonyl (C=O) groups is 1. The summed E-state index contributed by atoms with van der Waals surface area (Å²) < 4.78 is 10.5. The van der Waals surface area contributed by atoms with Gasteiger partial charge in [0, 0.05) is 18.5 Å². The monoisotopic (exact) mass is 392 g/mol. The Hall–Kier alpha value is -2.53. The maximum Gasteiger partial charge on any atom is 0.358 e. The SMILES string of the molecule is COC(=O)c1nc(C2CC2)cnc1Cc1cccc(C2=CCOCC2)c1C(C)C. The lowest BCUT2D eigenvalue weighted by atomic mass is 9.85. The fourth-order valence-corrected chi connectivity index (χ4v) is 4.07. The number of nitrogens with zero attached hydrogens (tertiary/aromatic N) is 2. The summed E-state index contributed by atoms with van der Waals surface area (Å²) in [5.74, 6) is 0.379. The second-order valence-corrected chi connectivity index (χ2v) is 8.12. The van der Waals surface area contributed by atoms with Crippen molar-refractivity contribution >= 4 is 11.5 Å². The number of ether oxygens (including phenoxy) is 2. The highest BCUT2D eigenvalue weighted by Gasteiger charge is 2.28. The van der Waals surface area contributed by atoms with Gasteiger partial charge in [-0.25, -0.2) is 9.78 Å². The topological polar surface area (TPSA) is 61.3 Å². The minimum Gasteiger partial charge on any atom is -0.464 e. The first-order chi connectivity index (χ1) is 14.1. The van der Waals surface area contributed by atoms with Gasteiger partial charge in [0.1, 0.15) is 0 Å². The molecule has 5 heteroatoms. The molecule has 2 aromatic rings. The van der Waals surface area contributed by atoms with E-state index in [1.54, 1.807) is 0 Å². The third-order valence-electron chi connectivity index (χ3n) is 5.68. The first-order valence-electron chi connectivity index (χ1n) is 10.4. The highest BCUT2D eigenvalue weighted by atomic mass is 16.5. The third kappa shape index (κ3) is 4.25. The van der Waals surface area contributed by atoms with Crippen molar-refractivity contribution in [3.63, 3.8) is 0 Å². The van der Waals surface area contributed by atoms with Crippen LogP contribution in [0.15, 0.2) is 30.5 Å². The van der Waals surface area contributed by atoms with E-state index in [1.807, 2.05) is 6.20 Å². The molecule has 152 valence electrons. The molecule has 0 spiro atoms. The van der Waals surface area contributed by atoms with Crippen LogP contribution in [0.2, 0.25) is 0 Å². The van der Waals surface area contributed by atoms with Crippen LogP contribution in [0.3, 0.4) is 0 Å². The lowest BCUT2D eigenvalue weighted by Crippen LogP contribution is -2.14. The second kappa shape index (κ2) is 8.46. The molecule has 29 heavy (non-hydrogen) atoms. The van der Waals surface area contributed by atoms with Crippen molar-refractivity contribution in [3.05, 3.63) is 64.2 Å². The number of hydrogen-bond acceptors (Lipinski definition) is 5. The van der Waals surface area contributed by atoms with Crippen molar-refractivity contribution in [1.82, 2.24) is 9.97 Å². The Bertz CT molecular complexity index is 945. The van der Waals surface area contributed by atoms with Gasteiger partial charge in [-0.15, -0.1) is 0 Å². The van der Waals surface area contributed by atoms with E-state index in [2.05, 4.69) is 48.1 Å². The molecule has 5 nitrogen and oxygen atoms in total. The summed E-state index contributed by atoms with van der Waals surface area (Å²) in [6.45, 7) is 5.85. The second-order valence-electron chi connectivity index (χ2n) is 8.12. The van der Waals surface area contributed by atoms with E-state index in [-0.39, 0.29) is 0 Å². The van der Waals surface area contributed by atoms with Crippen LogP contribution >= 0.6 is 0 Å². The van der Waals surface area contributed by atoms with Gasteiger partial charge >= 0.3 is 5.97 Å². The predicted octanol–water partition coefficient (Wildman–Crippen LogP) is 4.66. The lowest BCUT2D eigenvalue weighted by Gasteiger charge is -2.22. The first kappa shape index (κ1) is 19.8. The summed E-state index contributed by atoms with van der Waals surface area (Å²) in [5, 5.41) is 0. The molecule has 0 atom stereocenters. The largest absolute Gasteiger partial charge is 0.464 e. The molecule has 2 aliphatic rings. The molecule has 0 saturated heterocycles. The van der Waals surface area contributed by atoms with Crippen molar-refractivity contribution in [3.8, 4) is 0 Å². The van der Waals surface area contributed by atoms with Crippen molar-refractivity contribution in [2.24, 2.45) is 0 Å². The van der Waals surface area contributed by atoms with Crippen molar-refractivity contribution in [2.45, 2.75) is 51.4 Å². The molecule has 1 saturated carbocycles. The molecule has 2 heterocycles. The zero-order valence-electron chi connectivity index (χ0n) is 17.4. The van der Waals surface area contributed by atoms with Crippen LogP contribution in [0.1, 0.15) is 83.5 Å². The van der Waals surface area contributed by atoms with Crippen molar-refractivity contribution in [2.75, 3.05) is 20.3 Å². The number of hydrogen-bond donors (Lipinski definition) is 0. The number of carbonyl (C=O) groups excluding carboxylic acids is 1. The highest BCUT2D eigenvalue weighted by Crippen LogP contribution is 2.39. The minimum absolute atomic E-state index is 0.349. The average molecular weight is 392 g/mol. The Balaban J connectivity index is 1.74. The number of methoxy groups -OCH3 is 1. The van der Waals surface area contributed by atoms with Gasteiger partial charge in [-0.2, -0.15) is 0 Å². The van der Waals surface area contributed by atoms with E-state index in [0.717, 1.165) is 31.6 Å². The Morgan fingerprint density at radius 2 is 2.14 bits per heavy atom. The van der Waals surface area contributed by atoms with Gasteiger partial charge in [-0.3, -0.25) is 4.98 Å². The molecule has 1 aliphatic carbocycles. The van der Waals surface area contributed by atoms with E-state index in [4.69, 9.17) is 9.47 Å². The average Bonchev–Trinajstić information content (AvgIpc) is 3.59. The lowest BCUT2D eigenvalue weighted by molar-refractivity contribution is 0.0591. The van der Waals surface area contributed by atoms with Gasteiger partial charge in [0.05, 0.1) is 31.7 Å². The summed E-state index contributed by atoms with van der Waals surface area (Å²) >= 11 is 0. The van der Waals surface area contributed by atoms with Crippen LogP contribution in [0.4, 0.5) is 0 Å². The zero-order valence-corrected chi connectivity index (χ0v) is 17.4. The maximum atomic E-state index is 12.4. The summed E-state index contributed by atoms with van der Waals surface area (Å²) in [5.41, 5.74) is 7.05. The predicted molar refractivity (Wildman–Crippen MR) is 112 cm³/mol. The van der Waals surface area contributed by atoms with Crippen LogP contribution in [0.25, 0.3) is 5.57 Å². The molecule has 0 amide bonds. The fourth-order valence-electron chi connectivity index (χ4n) is 4.07. The van der Waals surface area contributed by atoms with E-state index >= 15 is 0 Å². The molecular weight excluding hydrogens is 364 g/mol. The maximum absolute atomic E-state index is 12.4. The Morgan fingerprint density at radius 1 is 1.31 bits per heavy atom. The van der Waals surface area contributed by atoms with Crippen LogP contribution in [0, 0.1) is 0 Å². The fraction of sp³-hybridized carbons (Fsp3) is 0.458. The van der Waals surface area contributed by atoms with E-state index in [1.165, 1.54) is 29.4 Å². The summed E-state index contributed by atoms with van der Waals surface area (Å²) in [6, 6.07) is 6.42. The smallest absolute Gasteiger partial charge is 0.358 e. The van der Waals surface area contributed by atoms with Crippen LogP contribution in [-0.2, 0) is 15.9 Å². The van der Waals surface area contributed by atoms with E-state index in [9.17, 15) is 4.79 Å². The molecule has 1 aromatic heterocycles. The number of rotatable bonds is 6. The highest BCUT2D eigenvalue weighted by molar-refractivity contribution is 5.88. The van der Waals surface area contributed by atoms with E-state index < -0.39 is 5.97 Å². The molecular formula is C24H28N2O3. The number of esters is 1. The summed E-state index contributed by atoms with van der Waals surface area (Å²) in [6.07, 6.45) is 7.73. The molecule has 0 bridgehead atoms. The summed E-state index contributed by atoms with van der Waals surface area (Å²) in [7, 11) is 1.40. The third-order valence-corrected chi connectivity index (χ3v) is 5.68. The standard InChI is InChI=1S/C24H28N2O3/c1-15(2)22-18(5-4-6-19(22)16-9-11-29-12-10-16)13-20-23(24(27)28-3)26-21(14-25-20)17-7-8-17/h4-6,9,14-15,17H,7-8,10-13H2,1-3H3. The molecule has 1 aliphatic heterocycles. The molecule has 0 unspecified atom stereocenters. The Kier molecular flexibility index (Phi) is 5.76. The molecule has 0 radical (unpaired) electrons. The number of benzene rings is 1. The molecule has 0 N–H and O–H groups in total. The Labute approximate surface area is 172 Å². The van der Waals surface area contributed by atoms with Gasteiger partial charge in [0.25, 0.3) is 0 Å². The van der Waals surface area contributed by atoms with Crippen LogP contribution in [0.5, 0.6) is 0 Å². The van der Waals surface area contributed by atoms with Crippen LogP contribution in [-0.4, -0.2) is 36.3 Å². The van der Waals surface area contributed by atoms with Crippen LogP contribution < -0.4 is 0 Å². The first-order valence-corrected chi connectivity index (χ1v) is 10.4. The van der Waals surface area contributed by atoms with Gasteiger partial charge < -0.3 is 9.47 Å². The summed E-state index contributed by atoms with van der Waals surface area (Å²) in [4.78, 5) is 21.7. The van der Waals surface area contributed by atoms with Crippen molar-refractivity contribution in [1.29, 1.82) is 0 Å². The van der Waals surface area contributed by atoms with Gasteiger partial charge in [-0.1, -0.05) is 38.1 Å². The zero-order chi connectivity index (χ0) is 20.4. The number of aromatic nitrogens is 2. The molecule has 1 aromatic carbocycles. The normalized spacial score (nSPS) is 16.6. The Morgan fingerprint density at radius 3 is 2.79 bits per heavy atom. The minimum atomic E-state index is -0.413.